The summed E-state index contributed by atoms with van der Waals surface area (Å²) in [5.74, 6) is 1.38. The normalized spacial score (nSPS) is 15.5. The Labute approximate surface area is 123 Å². The van der Waals surface area contributed by atoms with E-state index >= 15 is 0 Å². The van der Waals surface area contributed by atoms with E-state index in [9.17, 15) is 8.09 Å². The van der Waals surface area contributed by atoms with Crippen LogP contribution in [0.5, 0.6) is 11.5 Å². The number of nitrogens with zero attached hydrogens (tertiary/aromatic N) is 1. The fourth-order valence-corrected chi connectivity index (χ4v) is 3.02. The van der Waals surface area contributed by atoms with Crippen molar-refractivity contribution in [3.8, 4) is 11.5 Å². The van der Waals surface area contributed by atoms with E-state index in [1.54, 1.807) is 18.2 Å². The highest BCUT2D eigenvalue weighted by molar-refractivity contribution is 7.88. The monoisotopic (exact) mass is 307 g/mol. The maximum Gasteiger partial charge on any atom is 0.231 e. The van der Waals surface area contributed by atoms with E-state index in [2.05, 4.69) is 4.36 Å². The predicted molar refractivity (Wildman–Crippen MR) is 77.5 cm³/mol. The molecular formula is C15H14FNO3S. The van der Waals surface area contributed by atoms with E-state index < -0.39 is 10.1 Å². The summed E-state index contributed by atoms with van der Waals surface area (Å²) in [5, 5.41) is 0. The van der Waals surface area contributed by atoms with Crippen LogP contribution in [0.15, 0.2) is 57.8 Å². The molecule has 21 heavy (non-hydrogen) atoms. The van der Waals surface area contributed by atoms with Crippen LogP contribution in [0.4, 0.5) is 3.89 Å². The summed E-state index contributed by atoms with van der Waals surface area (Å²) in [6.45, 7) is 0.360. The van der Waals surface area contributed by atoms with Gasteiger partial charge in [0.05, 0.1) is 11.4 Å². The molecule has 4 nitrogen and oxygen atoms in total. The fraction of sp³-hybridized carbons (Fsp3) is 0.200. The van der Waals surface area contributed by atoms with Crippen LogP contribution >= 0.6 is 0 Å². The number of rotatable bonds is 4. The van der Waals surface area contributed by atoms with Gasteiger partial charge in [0.1, 0.15) is 0 Å². The lowest BCUT2D eigenvalue weighted by atomic mass is 10.1. The molecule has 0 N–H and O–H groups in total. The molecule has 0 aromatic heterocycles. The Hall–Kier alpha value is -2.08. The Morgan fingerprint density at radius 1 is 1.10 bits per heavy atom. The minimum absolute atomic E-state index is 0.107. The molecular weight excluding hydrogens is 293 g/mol. The molecule has 0 saturated carbocycles. The third kappa shape index (κ3) is 3.16. The van der Waals surface area contributed by atoms with Crippen LogP contribution in [0.1, 0.15) is 5.56 Å². The Bertz CT molecular complexity index is 755. The van der Waals surface area contributed by atoms with Crippen molar-refractivity contribution in [2.24, 2.45) is 4.36 Å². The minimum atomic E-state index is -3.82. The zero-order valence-electron chi connectivity index (χ0n) is 11.2. The van der Waals surface area contributed by atoms with E-state index in [4.69, 9.17) is 9.47 Å². The standard InChI is InChI=1S/C15H14FNO3S/c16-21(18,13-4-2-1-3-5-13)17-9-8-12-6-7-14-15(10-12)20-11-19-14/h1-7,10H,8-9,11H2/t21-/m1/s1. The quantitative estimate of drug-likeness (QED) is 0.814. The van der Waals surface area contributed by atoms with E-state index in [0.717, 1.165) is 5.56 Å². The second-order valence-electron chi connectivity index (χ2n) is 4.56. The van der Waals surface area contributed by atoms with Crippen molar-refractivity contribution in [1.29, 1.82) is 0 Å². The molecule has 1 heterocycles. The Balaban J connectivity index is 1.71. The number of ether oxygens (including phenoxy) is 2. The van der Waals surface area contributed by atoms with Crippen LogP contribution in [0, 0.1) is 0 Å². The zero-order chi connectivity index (χ0) is 14.7. The molecule has 6 heteroatoms. The SMILES string of the molecule is O=[S@](F)(=NCCc1ccc2c(c1)OCO2)c1ccccc1. The molecule has 2 aromatic carbocycles. The number of halogens is 1. The number of hydrogen-bond donors (Lipinski definition) is 0. The van der Waals surface area contributed by atoms with Crippen molar-refractivity contribution in [1.82, 2.24) is 0 Å². The van der Waals surface area contributed by atoms with Crippen LogP contribution in [-0.4, -0.2) is 17.5 Å². The molecule has 0 bridgehead atoms. The van der Waals surface area contributed by atoms with E-state index in [-0.39, 0.29) is 18.2 Å². The molecule has 2 aromatic rings. The molecule has 0 fully saturated rings. The fourth-order valence-electron chi connectivity index (χ4n) is 2.05. The highest BCUT2D eigenvalue weighted by Crippen LogP contribution is 2.32. The van der Waals surface area contributed by atoms with E-state index in [1.165, 1.54) is 12.1 Å². The van der Waals surface area contributed by atoms with Gasteiger partial charge in [-0.3, -0.25) is 0 Å². The first kappa shape index (κ1) is 13.9. The van der Waals surface area contributed by atoms with E-state index in [0.29, 0.717) is 17.9 Å². The smallest absolute Gasteiger partial charge is 0.231 e. The van der Waals surface area contributed by atoms with Gasteiger partial charge < -0.3 is 9.47 Å². The highest BCUT2D eigenvalue weighted by Gasteiger charge is 2.13. The molecule has 110 valence electrons. The van der Waals surface area contributed by atoms with Gasteiger partial charge in [-0.1, -0.05) is 24.3 Å². The number of fused-ring (bicyclic) bond motifs is 1. The van der Waals surface area contributed by atoms with Gasteiger partial charge in [0.15, 0.2) is 11.5 Å². The topological polar surface area (TPSA) is 47.9 Å². The number of benzene rings is 2. The van der Waals surface area contributed by atoms with Gasteiger partial charge in [-0.25, -0.2) is 8.57 Å². The van der Waals surface area contributed by atoms with Crippen LogP contribution in [0.2, 0.25) is 0 Å². The molecule has 1 atom stereocenters. The van der Waals surface area contributed by atoms with Crippen LogP contribution in [-0.2, 0) is 16.5 Å². The third-order valence-electron chi connectivity index (χ3n) is 3.13. The van der Waals surface area contributed by atoms with Gasteiger partial charge >= 0.3 is 0 Å². The molecule has 0 amide bonds. The lowest BCUT2D eigenvalue weighted by molar-refractivity contribution is 0.174. The Morgan fingerprint density at radius 3 is 2.67 bits per heavy atom. The lowest BCUT2D eigenvalue weighted by Crippen LogP contribution is -1.96. The zero-order valence-corrected chi connectivity index (χ0v) is 12.0. The van der Waals surface area contributed by atoms with Gasteiger partial charge in [0, 0.05) is 0 Å². The molecule has 0 unspecified atom stereocenters. The van der Waals surface area contributed by atoms with Crippen LogP contribution in [0.3, 0.4) is 0 Å². The predicted octanol–water partition coefficient (Wildman–Crippen LogP) is 3.37. The van der Waals surface area contributed by atoms with Gasteiger partial charge in [-0.15, -0.1) is 3.89 Å². The highest BCUT2D eigenvalue weighted by atomic mass is 32.3. The Kier molecular flexibility index (Phi) is 3.79. The van der Waals surface area contributed by atoms with Crippen molar-refractivity contribution < 1.29 is 17.6 Å². The summed E-state index contributed by atoms with van der Waals surface area (Å²) in [7, 11) is -3.82. The molecule has 1 aliphatic rings. The van der Waals surface area contributed by atoms with E-state index in [1.807, 2.05) is 18.2 Å². The summed E-state index contributed by atoms with van der Waals surface area (Å²) in [5.41, 5.74) is 0.936. The maximum absolute atomic E-state index is 14.1. The first-order valence-electron chi connectivity index (χ1n) is 6.51. The van der Waals surface area contributed by atoms with Crippen molar-refractivity contribution in [2.75, 3.05) is 13.3 Å². The minimum Gasteiger partial charge on any atom is -0.454 e. The molecule has 1 aliphatic heterocycles. The van der Waals surface area contributed by atoms with Gasteiger partial charge in [-0.2, -0.15) is 0 Å². The third-order valence-corrected chi connectivity index (χ3v) is 4.50. The average Bonchev–Trinajstić information content (AvgIpc) is 2.95. The maximum atomic E-state index is 14.1. The van der Waals surface area contributed by atoms with Gasteiger partial charge in [0.25, 0.3) is 0 Å². The number of hydrogen-bond acceptors (Lipinski definition) is 4. The van der Waals surface area contributed by atoms with Crippen LogP contribution < -0.4 is 9.47 Å². The van der Waals surface area contributed by atoms with Crippen molar-refractivity contribution in [2.45, 2.75) is 11.3 Å². The summed E-state index contributed by atoms with van der Waals surface area (Å²) < 4.78 is 40.1. The first-order chi connectivity index (χ1) is 10.1. The molecule has 0 saturated heterocycles. The molecule has 0 spiro atoms. The Morgan fingerprint density at radius 2 is 1.86 bits per heavy atom. The van der Waals surface area contributed by atoms with Crippen molar-refractivity contribution >= 4 is 10.1 Å². The largest absolute Gasteiger partial charge is 0.454 e. The molecule has 3 rings (SSSR count). The average molecular weight is 307 g/mol. The summed E-state index contributed by atoms with van der Waals surface area (Å²) >= 11 is 0. The summed E-state index contributed by atoms with van der Waals surface area (Å²) in [6, 6.07) is 13.5. The first-order valence-corrected chi connectivity index (χ1v) is 7.93. The van der Waals surface area contributed by atoms with Crippen LogP contribution in [0.25, 0.3) is 0 Å². The van der Waals surface area contributed by atoms with Gasteiger partial charge in [-0.05, 0) is 36.2 Å². The molecule has 0 radical (unpaired) electrons. The second-order valence-corrected chi connectivity index (χ2v) is 6.21. The summed E-state index contributed by atoms with van der Waals surface area (Å²) in [6.07, 6.45) is 0.490. The second kappa shape index (κ2) is 5.73. The van der Waals surface area contributed by atoms with Crippen molar-refractivity contribution in [3.63, 3.8) is 0 Å². The summed E-state index contributed by atoms with van der Waals surface area (Å²) in [4.78, 5) is 0.107. The van der Waals surface area contributed by atoms with Gasteiger partial charge in [0.2, 0.25) is 16.9 Å². The lowest BCUT2D eigenvalue weighted by Gasteiger charge is -2.02. The molecule has 0 aliphatic carbocycles. The van der Waals surface area contributed by atoms with Crippen molar-refractivity contribution in [3.05, 3.63) is 54.1 Å².